The van der Waals surface area contributed by atoms with Crippen LogP contribution in [0.25, 0.3) is 0 Å². The Morgan fingerprint density at radius 1 is 1.03 bits per heavy atom. The molecule has 1 aliphatic heterocycles. The lowest BCUT2D eigenvalue weighted by Crippen LogP contribution is -2.49. The van der Waals surface area contributed by atoms with Crippen molar-refractivity contribution in [3.63, 3.8) is 0 Å². The Morgan fingerprint density at radius 3 is 2.17 bits per heavy atom. The van der Waals surface area contributed by atoms with E-state index in [2.05, 4.69) is 4.90 Å². The number of nitro benzene ring substituents is 1. The fourth-order valence-corrected chi connectivity index (χ4v) is 3.75. The van der Waals surface area contributed by atoms with Gasteiger partial charge in [-0.3, -0.25) is 24.6 Å². The minimum Gasteiger partial charge on any atom is -0.481 e. The number of piperazine rings is 1. The SMILES string of the molecule is Cc1ccc([C@@H](CCC(=O)O)N2CCN(C(=O)c3ccc([N+](=O)[O-])cc3)CC2)cc1. The Kier molecular flexibility index (Phi) is 6.79. The van der Waals surface area contributed by atoms with Crippen molar-refractivity contribution in [3.05, 3.63) is 75.3 Å². The summed E-state index contributed by atoms with van der Waals surface area (Å²) in [4.78, 5) is 38.1. The van der Waals surface area contributed by atoms with Gasteiger partial charge in [0.1, 0.15) is 0 Å². The van der Waals surface area contributed by atoms with Gasteiger partial charge in [-0.2, -0.15) is 0 Å². The highest BCUT2D eigenvalue weighted by molar-refractivity contribution is 5.94. The van der Waals surface area contributed by atoms with Crippen molar-refractivity contribution in [3.8, 4) is 0 Å². The largest absolute Gasteiger partial charge is 0.481 e. The summed E-state index contributed by atoms with van der Waals surface area (Å²) in [5.74, 6) is -0.971. The topological polar surface area (TPSA) is 104 Å². The molecular formula is C22H25N3O5. The van der Waals surface area contributed by atoms with E-state index >= 15 is 0 Å². The second kappa shape index (κ2) is 9.49. The van der Waals surface area contributed by atoms with Gasteiger partial charge in [0.25, 0.3) is 11.6 Å². The van der Waals surface area contributed by atoms with Crippen molar-refractivity contribution in [1.82, 2.24) is 9.80 Å². The molecule has 1 saturated heterocycles. The van der Waals surface area contributed by atoms with Crippen LogP contribution in [0.15, 0.2) is 48.5 Å². The van der Waals surface area contributed by atoms with Gasteiger partial charge < -0.3 is 10.0 Å². The minimum atomic E-state index is -0.820. The summed E-state index contributed by atoms with van der Waals surface area (Å²) < 4.78 is 0. The van der Waals surface area contributed by atoms with Gasteiger partial charge >= 0.3 is 5.97 Å². The summed E-state index contributed by atoms with van der Waals surface area (Å²) >= 11 is 0. The molecule has 0 radical (unpaired) electrons. The van der Waals surface area contributed by atoms with Gasteiger partial charge in [-0.1, -0.05) is 29.8 Å². The molecule has 1 fully saturated rings. The van der Waals surface area contributed by atoms with Crippen molar-refractivity contribution in [2.45, 2.75) is 25.8 Å². The molecule has 8 heteroatoms. The van der Waals surface area contributed by atoms with Gasteiger partial charge in [-0.15, -0.1) is 0 Å². The average molecular weight is 411 g/mol. The predicted molar refractivity (Wildman–Crippen MR) is 111 cm³/mol. The number of carbonyl (C=O) groups excluding carboxylic acids is 1. The average Bonchev–Trinajstić information content (AvgIpc) is 2.75. The Bertz CT molecular complexity index is 903. The predicted octanol–water partition coefficient (Wildman–Crippen LogP) is 3.27. The lowest BCUT2D eigenvalue weighted by atomic mass is 9.98. The van der Waals surface area contributed by atoms with E-state index in [-0.39, 0.29) is 24.1 Å². The fraction of sp³-hybridized carbons (Fsp3) is 0.364. The zero-order valence-electron chi connectivity index (χ0n) is 16.9. The molecule has 0 aliphatic carbocycles. The molecule has 1 amide bonds. The van der Waals surface area contributed by atoms with Crippen LogP contribution in [0.2, 0.25) is 0 Å². The number of nitro groups is 1. The van der Waals surface area contributed by atoms with E-state index in [0.29, 0.717) is 38.2 Å². The van der Waals surface area contributed by atoms with Crippen LogP contribution in [-0.4, -0.2) is 57.9 Å². The van der Waals surface area contributed by atoms with Crippen molar-refractivity contribution < 1.29 is 19.6 Å². The Hall–Kier alpha value is -3.26. The van der Waals surface area contributed by atoms with Gasteiger partial charge in [0, 0.05) is 56.3 Å². The molecule has 1 heterocycles. The van der Waals surface area contributed by atoms with Crippen LogP contribution >= 0.6 is 0 Å². The first-order valence-corrected chi connectivity index (χ1v) is 9.91. The highest BCUT2D eigenvalue weighted by atomic mass is 16.6. The molecular weight excluding hydrogens is 386 g/mol. The minimum absolute atomic E-state index is 0.0154. The summed E-state index contributed by atoms with van der Waals surface area (Å²) in [6.45, 7) is 4.32. The molecule has 0 bridgehead atoms. The van der Waals surface area contributed by atoms with Gasteiger partial charge in [0.05, 0.1) is 4.92 Å². The second-order valence-corrected chi connectivity index (χ2v) is 7.49. The highest BCUT2D eigenvalue weighted by Gasteiger charge is 2.28. The maximum atomic E-state index is 12.7. The van der Waals surface area contributed by atoms with E-state index in [1.54, 1.807) is 4.90 Å². The van der Waals surface area contributed by atoms with Gasteiger partial charge in [-0.25, -0.2) is 0 Å². The number of non-ortho nitro benzene ring substituents is 1. The molecule has 0 aromatic heterocycles. The summed E-state index contributed by atoms with van der Waals surface area (Å²) in [6, 6.07) is 13.7. The molecule has 2 aromatic carbocycles. The number of carboxylic acids is 1. The number of aryl methyl sites for hydroxylation is 1. The molecule has 0 unspecified atom stereocenters. The molecule has 3 rings (SSSR count). The maximum Gasteiger partial charge on any atom is 0.303 e. The molecule has 158 valence electrons. The monoisotopic (exact) mass is 411 g/mol. The van der Waals surface area contributed by atoms with Crippen LogP contribution in [0, 0.1) is 17.0 Å². The van der Waals surface area contributed by atoms with Crippen molar-refractivity contribution in [2.75, 3.05) is 26.2 Å². The van der Waals surface area contributed by atoms with Crippen LogP contribution in [0.4, 0.5) is 5.69 Å². The number of rotatable bonds is 7. The zero-order chi connectivity index (χ0) is 21.7. The number of carbonyl (C=O) groups is 2. The normalized spacial score (nSPS) is 15.6. The number of aliphatic carboxylic acids is 1. The third-order valence-corrected chi connectivity index (χ3v) is 5.46. The summed E-state index contributed by atoms with van der Waals surface area (Å²) in [6.07, 6.45) is 0.592. The van der Waals surface area contributed by atoms with Crippen LogP contribution in [0.1, 0.15) is 40.4 Å². The first kappa shape index (κ1) is 21.4. The van der Waals surface area contributed by atoms with Crippen LogP contribution in [0.3, 0.4) is 0 Å². The van der Waals surface area contributed by atoms with Crippen molar-refractivity contribution in [2.24, 2.45) is 0 Å². The lowest BCUT2D eigenvalue weighted by molar-refractivity contribution is -0.384. The third-order valence-electron chi connectivity index (χ3n) is 5.46. The summed E-state index contributed by atoms with van der Waals surface area (Å²) in [7, 11) is 0. The maximum absolute atomic E-state index is 12.7. The summed E-state index contributed by atoms with van der Waals surface area (Å²) in [5.41, 5.74) is 2.61. The first-order valence-electron chi connectivity index (χ1n) is 9.91. The molecule has 1 aliphatic rings. The fourth-order valence-electron chi connectivity index (χ4n) is 3.75. The number of hydrogen-bond donors (Lipinski definition) is 1. The van der Waals surface area contributed by atoms with E-state index in [4.69, 9.17) is 5.11 Å². The smallest absolute Gasteiger partial charge is 0.303 e. The van der Waals surface area contributed by atoms with Gasteiger partial charge in [0.15, 0.2) is 0 Å². The van der Waals surface area contributed by atoms with E-state index in [9.17, 15) is 19.7 Å². The molecule has 1 atom stereocenters. The lowest BCUT2D eigenvalue weighted by Gasteiger charge is -2.39. The first-order chi connectivity index (χ1) is 14.3. The van der Waals surface area contributed by atoms with Crippen LogP contribution in [-0.2, 0) is 4.79 Å². The van der Waals surface area contributed by atoms with E-state index < -0.39 is 10.9 Å². The molecule has 0 saturated carbocycles. The third kappa shape index (κ3) is 5.21. The van der Waals surface area contributed by atoms with E-state index in [1.807, 2.05) is 31.2 Å². The summed E-state index contributed by atoms with van der Waals surface area (Å²) in [5, 5.41) is 19.9. The van der Waals surface area contributed by atoms with Crippen molar-refractivity contribution >= 4 is 17.6 Å². The van der Waals surface area contributed by atoms with E-state index in [1.165, 1.54) is 24.3 Å². The standard InChI is InChI=1S/C22H25N3O5/c1-16-2-4-17(5-3-16)20(10-11-21(26)27)23-12-14-24(15-13-23)22(28)18-6-8-19(9-7-18)25(29)30/h2-9,20H,10-15H2,1H3,(H,26,27)/t20-/m1/s1. The Morgan fingerprint density at radius 2 is 1.63 bits per heavy atom. The van der Waals surface area contributed by atoms with Gasteiger partial charge in [-0.05, 0) is 31.0 Å². The molecule has 1 N–H and O–H groups in total. The molecule has 8 nitrogen and oxygen atoms in total. The number of benzene rings is 2. The van der Waals surface area contributed by atoms with Crippen LogP contribution in [0.5, 0.6) is 0 Å². The molecule has 2 aromatic rings. The Labute approximate surface area is 174 Å². The Balaban J connectivity index is 1.66. The molecule has 0 spiro atoms. The number of nitrogens with zero attached hydrogens (tertiary/aromatic N) is 3. The second-order valence-electron chi connectivity index (χ2n) is 7.49. The van der Waals surface area contributed by atoms with Gasteiger partial charge in [0.2, 0.25) is 0 Å². The van der Waals surface area contributed by atoms with E-state index in [0.717, 1.165) is 11.1 Å². The number of amides is 1. The van der Waals surface area contributed by atoms with Crippen LogP contribution < -0.4 is 0 Å². The highest BCUT2D eigenvalue weighted by Crippen LogP contribution is 2.27. The number of hydrogen-bond acceptors (Lipinski definition) is 5. The zero-order valence-corrected chi connectivity index (χ0v) is 16.9. The quantitative estimate of drug-likeness (QED) is 0.554. The number of carboxylic acid groups (broad SMARTS) is 1. The van der Waals surface area contributed by atoms with Crippen molar-refractivity contribution in [1.29, 1.82) is 0 Å². The molecule has 30 heavy (non-hydrogen) atoms.